The van der Waals surface area contributed by atoms with Gasteiger partial charge in [-0.1, -0.05) is 36.4 Å². The highest BCUT2D eigenvalue weighted by molar-refractivity contribution is 5.82. The molecular formula is C17H20O3. The summed E-state index contributed by atoms with van der Waals surface area (Å²) in [5.41, 5.74) is 1.20. The van der Waals surface area contributed by atoms with Gasteiger partial charge in [-0.25, -0.2) is 0 Å². The van der Waals surface area contributed by atoms with Crippen LogP contribution in [0.25, 0.3) is 10.8 Å². The molecule has 0 spiro atoms. The molecular weight excluding hydrogens is 252 g/mol. The molecule has 0 aliphatic carbocycles. The molecule has 0 saturated carbocycles. The molecule has 0 aromatic heterocycles. The molecule has 1 saturated heterocycles. The third kappa shape index (κ3) is 3.18. The molecule has 3 nitrogen and oxygen atoms in total. The van der Waals surface area contributed by atoms with Gasteiger partial charge in [-0.05, 0) is 29.3 Å². The van der Waals surface area contributed by atoms with Crippen molar-refractivity contribution < 1.29 is 14.2 Å². The highest BCUT2D eigenvalue weighted by Gasteiger charge is 2.30. The van der Waals surface area contributed by atoms with Crippen LogP contribution in [0.5, 0.6) is 0 Å². The van der Waals surface area contributed by atoms with Crippen molar-refractivity contribution in [1.29, 1.82) is 0 Å². The first-order valence-corrected chi connectivity index (χ1v) is 7.09. The van der Waals surface area contributed by atoms with Crippen molar-refractivity contribution in [2.24, 2.45) is 0 Å². The molecule has 1 aliphatic heterocycles. The maximum atomic E-state index is 5.74. The number of hydrogen-bond acceptors (Lipinski definition) is 3. The van der Waals surface area contributed by atoms with E-state index in [0.29, 0.717) is 26.4 Å². The number of hydrogen-bond donors (Lipinski definition) is 0. The molecule has 1 heterocycles. The fraction of sp³-hybridized carbons (Fsp3) is 0.412. The molecule has 2 aromatic carbocycles. The van der Waals surface area contributed by atoms with E-state index in [1.165, 1.54) is 16.3 Å². The maximum absolute atomic E-state index is 5.74. The van der Waals surface area contributed by atoms with E-state index in [1.807, 2.05) is 6.92 Å². The van der Waals surface area contributed by atoms with Crippen LogP contribution >= 0.6 is 0 Å². The Kier molecular flexibility index (Phi) is 4.01. The third-order valence-electron chi connectivity index (χ3n) is 3.68. The first kappa shape index (κ1) is 13.6. The summed E-state index contributed by atoms with van der Waals surface area (Å²) >= 11 is 0. The Morgan fingerprint density at radius 1 is 1.05 bits per heavy atom. The highest BCUT2D eigenvalue weighted by atomic mass is 16.7. The van der Waals surface area contributed by atoms with E-state index in [1.54, 1.807) is 0 Å². The largest absolute Gasteiger partial charge is 0.377 e. The van der Waals surface area contributed by atoms with E-state index in [4.69, 9.17) is 14.2 Å². The SMILES string of the molecule is CC1(CCOCc2ccc3ccccc3c2)OCCO1. The summed E-state index contributed by atoms with van der Waals surface area (Å²) < 4.78 is 16.8. The van der Waals surface area contributed by atoms with E-state index in [0.717, 1.165) is 6.42 Å². The Morgan fingerprint density at radius 3 is 2.60 bits per heavy atom. The Labute approximate surface area is 119 Å². The topological polar surface area (TPSA) is 27.7 Å². The standard InChI is InChI=1S/C17H20O3/c1-17(19-10-11-20-17)8-9-18-13-14-6-7-15-4-2-3-5-16(15)12-14/h2-7,12H,8-11,13H2,1H3. The summed E-state index contributed by atoms with van der Waals surface area (Å²) in [6.45, 7) is 4.60. The van der Waals surface area contributed by atoms with E-state index < -0.39 is 5.79 Å². The van der Waals surface area contributed by atoms with Crippen molar-refractivity contribution in [2.45, 2.75) is 25.7 Å². The third-order valence-corrected chi connectivity index (χ3v) is 3.68. The second-order valence-electron chi connectivity index (χ2n) is 5.31. The Hall–Kier alpha value is -1.42. The molecule has 3 rings (SSSR count). The normalized spacial score (nSPS) is 17.6. The molecule has 3 heteroatoms. The Bertz CT molecular complexity index is 573. The van der Waals surface area contributed by atoms with Gasteiger partial charge in [0, 0.05) is 6.42 Å². The second kappa shape index (κ2) is 5.92. The van der Waals surface area contributed by atoms with Crippen molar-refractivity contribution >= 4 is 10.8 Å². The average molecular weight is 272 g/mol. The predicted octanol–water partition coefficient (Wildman–Crippen LogP) is 3.51. The van der Waals surface area contributed by atoms with Crippen molar-refractivity contribution in [3.63, 3.8) is 0 Å². The lowest BCUT2D eigenvalue weighted by molar-refractivity contribution is -0.156. The summed E-state index contributed by atoms with van der Waals surface area (Å²) in [6, 6.07) is 14.8. The first-order valence-electron chi connectivity index (χ1n) is 7.09. The monoisotopic (exact) mass is 272 g/mol. The van der Waals surface area contributed by atoms with E-state index in [2.05, 4.69) is 42.5 Å². The van der Waals surface area contributed by atoms with E-state index >= 15 is 0 Å². The zero-order valence-corrected chi connectivity index (χ0v) is 11.8. The lowest BCUT2D eigenvalue weighted by Gasteiger charge is -2.21. The van der Waals surface area contributed by atoms with Crippen LogP contribution in [0.1, 0.15) is 18.9 Å². The lowest BCUT2D eigenvalue weighted by atomic mass is 10.1. The maximum Gasteiger partial charge on any atom is 0.167 e. The fourth-order valence-electron chi connectivity index (χ4n) is 2.48. The highest BCUT2D eigenvalue weighted by Crippen LogP contribution is 2.22. The average Bonchev–Trinajstić information content (AvgIpc) is 2.91. The van der Waals surface area contributed by atoms with Crippen LogP contribution in [-0.4, -0.2) is 25.6 Å². The zero-order chi connectivity index (χ0) is 13.8. The summed E-state index contributed by atoms with van der Waals surface area (Å²) in [7, 11) is 0. The quantitative estimate of drug-likeness (QED) is 0.780. The lowest BCUT2D eigenvalue weighted by Crippen LogP contribution is -2.27. The van der Waals surface area contributed by atoms with Crippen molar-refractivity contribution in [2.75, 3.05) is 19.8 Å². The Balaban J connectivity index is 1.52. The fourth-order valence-corrected chi connectivity index (χ4v) is 2.48. The van der Waals surface area contributed by atoms with Gasteiger partial charge in [-0.3, -0.25) is 0 Å². The van der Waals surface area contributed by atoms with Gasteiger partial charge in [0.2, 0.25) is 0 Å². The molecule has 2 aromatic rings. The molecule has 0 bridgehead atoms. The zero-order valence-electron chi connectivity index (χ0n) is 11.8. The molecule has 0 unspecified atom stereocenters. The van der Waals surface area contributed by atoms with Crippen molar-refractivity contribution in [3.8, 4) is 0 Å². The predicted molar refractivity (Wildman–Crippen MR) is 78.5 cm³/mol. The van der Waals surface area contributed by atoms with Gasteiger partial charge < -0.3 is 14.2 Å². The van der Waals surface area contributed by atoms with E-state index in [-0.39, 0.29) is 0 Å². The molecule has 1 aliphatic rings. The summed E-state index contributed by atoms with van der Waals surface area (Å²) in [4.78, 5) is 0. The van der Waals surface area contributed by atoms with Gasteiger partial charge in [0.15, 0.2) is 5.79 Å². The van der Waals surface area contributed by atoms with E-state index in [9.17, 15) is 0 Å². The van der Waals surface area contributed by atoms with Crippen LogP contribution in [0.3, 0.4) is 0 Å². The second-order valence-corrected chi connectivity index (χ2v) is 5.31. The molecule has 20 heavy (non-hydrogen) atoms. The van der Waals surface area contributed by atoms with Gasteiger partial charge in [-0.15, -0.1) is 0 Å². The molecule has 106 valence electrons. The molecule has 1 fully saturated rings. The molecule has 0 amide bonds. The van der Waals surface area contributed by atoms with Crippen LogP contribution in [0, 0.1) is 0 Å². The molecule has 0 atom stereocenters. The number of fused-ring (bicyclic) bond motifs is 1. The number of benzene rings is 2. The Morgan fingerprint density at radius 2 is 1.80 bits per heavy atom. The van der Waals surface area contributed by atoms with Gasteiger partial charge >= 0.3 is 0 Å². The van der Waals surface area contributed by atoms with Crippen LogP contribution in [-0.2, 0) is 20.8 Å². The van der Waals surface area contributed by atoms with Crippen LogP contribution in [0.2, 0.25) is 0 Å². The van der Waals surface area contributed by atoms with Gasteiger partial charge in [0.25, 0.3) is 0 Å². The van der Waals surface area contributed by atoms with Gasteiger partial charge in [-0.2, -0.15) is 0 Å². The first-order chi connectivity index (χ1) is 9.75. The van der Waals surface area contributed by atoms with Gasteiger partial charge in [0.1, 0.15) is 0 Å². The summed E-state index contributed by atoms with van der Waals surface area (Å²) in [5.74, 6) is -0.455. The number of ether oxygens (including phenoxy) is 3. The minimum absolute atomic E-state index is 0.455. The smallest absolute Gasteiger partial charge is 0.167 e. The minimum Gasteiger partial charge on any atom is -0.377 e. The van der Waals surface area contributed by atoms with Crippen LogP contribution in [0.4, 0.5) is 0 Å². The van der Waals surface area contributed by atoms with Crippen LogP contribution in [0.15, 0.2) is 42.5 Å². The summed E-state index contributed by atoms with van der Waals surface area (Å²) in [5, 5.41) is 2.51. The number of rotatable bonds is 5. The molecule has 0 radical (unpaired) electrons. The summed E-state index contributed by atoms with van der Waals surface area (Å²) in [6.07, 6.45) is 0.764. The van der Waals surface area contributed by atoms with Gasteiger partial charge in [0.05, 0.1) is 26.4 Å². The van der Waals surface area contributed by atoms with Crippen molar-refractivity contribution in [3.05, 3.63) is 48.0 Å². The minimum atomic E-state index is -0.455. The van der Waals surface area contributed by atoms with Crippen molar-refractivity contribution in [1.82, 2.24) is 0 Å². The van der Waals surface area contributed by atoms with Crippen LogP contribution < -0.4 is 0 Å². The molecule has 0 N–H and O–H groups in total.